The zero-order valence-electron chi connectivity index (χ0n) is 28.8. The lowest BCUT2D eigenvalue weighted by molar-refractivity contribution is 0.476. The first-order valence-electron chi connectivity index (χ1n) is 16.9. The highest BCUT2D eigenvalue weighted by Crippen LogP contribution is 2.46. The van der Waals surface area contributed by atoms with Crippen LogP contribution < -0.4 is 0 Å². The van der Waals surface area contributed by atoms with Gasteiger partial charge in [-0.3, -0.25) is 0 Å². The second-order valence-electron chi connectivity index (χ2n) is 10.1. The molecule has 0 saturated carbocycles. The number of fused-ring (bicyclic) bond motifs is 4. The Hall–Kier alpha value is -5.40. The average Bonchev–Trinajstić information content (AvgIpc) is 3.13. The Morgan fingerprint density at radius 3 is 1.76 bits per heavy atom. The first-order chi connectivity index (χ1) is 23.2. The van der Waals surface area contributed by atoms with Crippen LogP contribution in [-0.4, -0.2) is 5.11 Å². The maximum atomic E-state index is 11.1. The van der Waals surface area contributed by atoms with E-state index in [-0.39, 0.29) is 45.7 Å². The summed E-state index contributed by atoms with van der Waals surface area (Å²) >= 11 is 0. The van der Waals surface area contributed by atoms with Crippen LogP contribution in [0.1, 0.15) is 9.60 Å². The number of benzene rings is 8. The van der Waals surface area contributed by atoms with E-state index in [0.29, 0.717) is 22.3 Å². The number of rotatable bonds is 3. The van der Waals surface area contributed by atoms with E-state index in [0.717, 1.165) is 32.7 Å². The molecular formula is C40H26O. The molecule has 192 valence electrons. The summed E-state index contributed by atoms with van der Waals surface area (Å²) in [7, 11) is 0. The van der Waals surface area contributed by atoms with Gasteiger partial charge in [-0.05, 0) is 94.6 Å². The molecule has 8 aromatic rings. The van der Waals surface area contributed by atoms with Crippen LogP contribution in [0.15, 0.2) is 151 Å². The molecule has 0 amide bonds. The molecule has 0 unspecified atom stereocenters. The van der Waals surface area contributed by atoms with Crippen LogP contribution in [0.5, 0.6) is 5.75 Å². The summed E-state index contributed by atoms with van der Waals surface area (Å²) in [5, 5.41) is 15.5. The zero-order chi connectivity index (χ0) is 33.4. The Bertz CT molecular complexity index is 2570. The summed E-state index contributed by atoms with van der Waals surface area (Å²) in [6.45, 7) is 0. The largest absolute Gasteiger partial charge is 0.508 e. The number of aromatic hydroxyl groups is 1. The maximum Gasteiger partial charge on any atom is 0.116 e. The molecule has 0 aliphatic carbocycles. The van der Waals surface area contributed by atoms with E-state index >= 15 is 0 Å². The zero-order valence-corrected chi connectivity index (χ0v) is 21.8. The van der Waals surface area contributed by atoms with Gasteiger partial charge >= 0.3 is 0 Å². The molecule has 8 rings (SSSR count). The minimum Gasteiger partial charge on any atom is -0.508 e. The van der Waals surface area contributed by atoms with E-state index in [4.69, 9.17) is 4.11 Å². The van der Waals surface area contributed by atoms with E-state index in [1.807, 2.05) is 109 Å². The fourth-order valence-electron chi connectivity index (χ4n) is 6.03. The predicted molar refractivity (Wildman–Crippen MR) is 174 cm³/mol. The van der Waals surface area contributed by atoms with Crippen molar-refractivity contribution in [2.24, 2.45) is 0 Å². The highest BCUT2D eigenvalue weighted by molar-refractivity contribution is 6.23. The Labute approximate surface area is 248 Å². The molecule has 0 heterocycles. The molecule has 1 nitrogen and oxygen atoms in total. The van der Waals surface area contributed by atoms with Gasteiger partial charge in [-0.2, -0.15) is 0 Å². The van der Waals surface area contributed by atoms with Crippen LogP contribution in [0.4, 0.5) is 0 Å². The molecule has 0 atom stereocenters. The van der Waals surface area contributed by atoms with Crippen molar-refractivity contribution in [1.82, 2.24) is 0 Å². The normalized spacial score (nSPS) is 13.9. The van der Waals surface area contributed by atoms with Crippen molar-refractivity contribution in [3.05, 3.63) is 151 Å². The molecule has 0 radical (unpaired) electrons. The third-order valence-electron chi connectivity index (χ3n) is 7.80. The maximum absolute atomic E-state index is 11.1. The van der Waals surface area contributed by atoms with Gasteiger partial charge in [-0.1, -0.05) is 133 Å². The van der Waals surface area contributed by atoms with Gasteiger partial charge in [-0.25, -0.2) is 0 Å². The van der Waals surface area contributed by atoms with Crippen LogP contribution >= 0.6 is 0 Å². The first kappa shape index (κ1) is 17.3. The molecule has 0 fully saturated rings. The van der Waals surface area contributed by atoms with Crippen LogP contribution in [-0.2, 0) is 0 Å². The molecule has 0 aliphatic heterocycles. The SMILES string of the molecule is [2H]c1c([2H])c([2H])c2c(-c3cccc4ccccc34)c3c([2H])c([2H])c(O)c([2H])c3c(-c3cccc(-c4cccc5ccccc45)c3)c2c1[2H]. The lowest BCUT2D eigenvalue weighted by Crippen LogP contribution is -1.92. The third kappa shape index (κ3) is 3.78. The van der Waals surface area contributed by atoms with Crippen LogP contribution in [0.2, 0.25) is 0 Å². The van der Waals surface area contributed by atoms with Crippen molar-refractivity contribution in [1.29, 1.82) is 0 Å². The van der Waals surface area contributed by atoms with E-state index < -0.39 is 23.9 Å². The molecule has 41 heavy (non-hydrogen) atoms. The molecule has 0 bridgehead atoms. The summed E-state index contributed by atoms with van der Waals surface area (Å²) < 4.78 is 63.0. The number of hydrogen-bond donors (Lipinski definition) is 1. The predicted octanol–water partition coefficient (Wildman–Crippen LogP) is 11.0. The van der Waals surface area contributed by atoms with Crippen molar-refractivity contribution in [3.8, 4) is 39.1 Å². The Morgan fingerprint density at radius 2 is 1.00 bits per heavy atom. The molecule has 1 N–H and O–H groups in total. The Balaban J connectivity index is 1.62. The monoisotopic (exact) mass is 529 g/mol. The van der Waals surface area contributed by atoms with Gasteiger partial charge in [0, 0.05) is 0 Å². The molecule has 8 aromatic carbocycles. The van der Waals surface area contributed by atoms with Crippen LogP contribution in [0, 0.1) is 0 Å². The Kier molecular flexibility index (Phi) is 3.95. The minimum atomic E-state index is -0.664. The topological polar surface area (TPSA) is 20.2 Å². The van der Waals surface area contributed by atoms with Gasteiger partial charge in [0.25, 0.3) is 0 Å². The summed E-state index contributed by atoms with van der Waals surface area (Å²) in [5.74, 6) is -0.664. The third-order valence-corrected chi connectivity index (χ3v) is 7.80. The van der Waals surface area contributed by atoms with Gasteiger partial charge in [0.2, 0.25) is 0 Å². The molecule has 1 heteroatoms. The molecular weight excluding hydrogens is 496 g/mol. The fraction of sp³-hybridized carbons (Fsp3) is 0. The summed E-state index contributed by atoms with van der Waals surface area (Å²) in [4.78, 5) is 0. The standard InChI is InChI=1S/C40H26O/c41-30-22-23-37-38(25-30)39(29-15-7-14-28(24-29)33-20-8-12-26-10-1-3-16-31(26)33)35-18-5-6-19-36(35)40(37)34-21-9-13-27-11-2-4-17-32(27)34/h1-25,41H/i5D,6D,18D,19D,22D,23D,25D. The van der Waals surface area contributed by atoms with Gasteiger partial charge in [-0.15, -0.1) is 0 Å². The van der Waals surface area contributed by atoms with Crippen LogP contribution in [0.25, 0.3) is 76.5 Å². The highest BCUT2D eigenvalue weighted by atomic mass is 16.3. The van der Waals surface area contributed by atoms with Crippen molar-refractivity contribution < 1.29 is 14.7 Å². The average molecular weight is 530 g/mol. The minimum absolute atomic E-state index is 0.143. The van der Waals surface area contributed by atoms with E-state index in [1.54, 1.807) is 0 Å². The molecule has 0 aliphatic rings. The summed E-state index contributed by atoms with van der Waals surface area (Å²) in [6.07, 6.45) is 0. The summed E-state index contributed by atoms with van der Waals surface area (Å²) in [5.41, 5.74) is 3.58. The van der Waals surface area contributed by atoms with Crippen molar-refractivity contribution in [2.45, 2.75) is 0 Å². The van der Waals surface area contributed by atoms with E-state index in [2.05, 4.69) is 0 Å². The van der Waals surface area contributed by atoms with Crippen molar-refractivity contribution in [2.75, 3.05) is 0 Å². The number of phenolic OH excluding ortho intramolecular Hbond substituents is 1. The van der Waals surface area contributed by atoms with Gasteiger partial charge in [0.1, 0.15) is 5.75 Å². The van der Waals surface area contributed by atoms with Crippen LogP contribution in [0.3, 0.4) is 0 Å². The van der Waals surface area contributed by atoms with Gasteiger partial charge in [0.15, 0.2) is 0 Å². The van der Waals surface area contributed by atoms with Gasteiger partial charge in [0.05, 0.1) is 9.60 Å². The number of phenols is 1. The quantitative estimate of drug-likeness (QED) is 0.226. The van der Waals surface area contributed by atoms with Crippen molar-refractivity contribution >= 4 is 43.1 Å². The molecule has 0 aromatic heterocycles. The molecule has 0 saturated heterocycles. The second-order valence-corrected chi connectivity index (χ2v) is 10.1. The van der Waals surface area contributed by atoms with E-state index in [9.17, 15) is 10.6 Å². The van der Waals surface area contributed by atoms with E-state index in [1.165, 1.54) is 0 Å². The lowest BCUT2D eigenvalue weighted by Gasteiger charge is -2.19. The van der Waals surface area contributed by atoms with Gasteiger partial charge < -0.3 is 5.11 Å². The number of hydrogen-bond acceptors (Lipinski definition) is 1. The fourth-order valence-corrected chi connectivity index (χ4v) is 6.03. The highest BCUT2D eigenvalue weighted by Gasteiger charge is 2.19. The Morgan fingerprint density at radius 1 is 0.439 bits per heavy atom. The molecule has 0 spiro atoms. The lowest BCUT2D eigenvalue weighted by atomic mass is 9.84. The first-order valence-corrected chi connectivity index (χ1v) is 13.4. The smallest absolute Gasteiger partial charge is 0.116 e. The van der Waals surface area contributed by atoms with Crippen molar-refractivity contribution in [3.63, 3.8) is 0 Å². The second kappa shape index (κ2) is 9.36. The summed E-state index contributed by atoms with van der Waals surface area (Å²) in [6, 6.07) is 32.2.